The second kappa shape index (κ2) is 16.4. The minimum absolute atomic E-state index is 0.166. The molecule has 0 spiro atoms. The van der Waals surface area contributed by atoms with E-state index in [2.05, 4.69) is 281 Å². The smallest absolute Gasteiger partial charge is 0.0468 e. The standard InChI is InChI=1S/C72H53N/c1-71(2)65-43-47(31-30-46-32-38-56-49(42-46)34-35-50-44-54(37-41-57(50)56)73(52-20-7-5-8-21-52)53-22-9-6-10-23-53)33-39-63(65)69-70(71)64-40-36-51(45-66(64)72(69,3)4)67-59-25-13-15-27-61(59)68(62-28-16-14-26-60(62)67)58-29-17-19-48-18-11-12-24-55(48)58/h5-45H,1-4H3. The summed E-state index contributed by atoms with van der Waals surface area (Å²) in [7, 11) is 0. The van der Waals surface area contributed by atoms with Crippen LogP contribution in [0.5, 0.6) is 0 Å². The fraction of sp³-hybridized carbons (Fsp3) is 0.0833. The van der Waals surface area contributed by atoms with Crippen molar-refractivity contribution in [3.63, 3.8) is 0 Å². The van der Waals surface area contributed by atoms with E-state index in [1.165, 1.54) is 121 Å². The predicted octanol–water partition coefficient (Wildman–Crippen LogP) is 19.9. The average Bonchev–Trinajstić information content (AvgIpc) is 3.83. The predicted molar refractivity (Wildman–Crippen MR) is 314 cm³/mol. The van der Waals surface area contributed by atoms with Crippen molar-refractivity contribution in [2.24, 2.45) is 0 Å². The van der Waals surface area contributed by atoms with Gasteiger partial charge in [0.05, 0.1) is 0 Å². The number of rotatable bonds is 7. The van der Waals surface area contributed by atoms with E-state index in [4.69, 9.17) is 0 Å². The highest BCUT2D eigenvalue weighted by molar-refractivity contribution is 6.24. The van der Waals surface area contributed by atoms with E-state index in [9.17, 15) is 0 Å². The molecular formula is C72H53N. The first-order chi connectivity index (χ1) is 35.7. The maximum Gasteiger partial charge on any atom is 0.0468 e. The third kappa shape index (κ3) is 6.69. The van der Waals surface area contributed by atoms with E-state index in [1.54, 1.807) is 0 Å². The fourth-order valence-corrected chi connectivity index (χ4v) is 13.0. The minimum atomic E-state index is -0.185. The molecule has 0 amide bonds. The Morgan fingerprint density at radius 3 is 1.41 bits per heavy atom. The van der Waals surface area contributed by atoms with Gasteiger partial charge in [-0.2, -0.15) is 0 Å². The molecule has 0 heterocycles. The van der Waals surface area contributed by atoms with Crippen LogP contribution in [0, 0.1) is 0 Å². The summed E-state index contributed by atoms with van der Waals surface area (Å²) >= 11 is 0. The largest absolute Gasteiger partial charge is 0.310 e. The maximum absolute atomic E-state index is 2.53. The van der Waals surface area contributed by atoms with Gasteiger partial charge in [0, 0.05) is 27.9 Å². The molecule has 0 saturated heterocycles. The van der Waals surface area contributed by atoms with E-state index < -0.39 is 0 Å². The highest BCUT2D eigenvalue weighted by atomic mass is 15.1. The van der Waals surface area contributed by atoms with Crippen LogP contribution in [0.3, 0.4) is 0 Å². The molecule has 1 heteroatoms. The van der Waals surface area contributed by atoms with Gasteiger partial charge in [0.15, 0.2) is 0 Å². The van der Waals surface area contributed by atoms with Crippen molar-refractivity contribution in [1.29, 1.82) is 0 Å². The molecule has 0 unspecified atom stereocenters. The van der Waals surface area contributed by atoms with E-state index in [0.29, 0.717) is 0 Å². The molecule has 2 aliphatic rings. The number of nitrogens with zero attached hydrogens (tertiary/aromatic N) is 1. The Morgan fingerprint density at radius 1 is 0.301 bits per heavy atom. The molecule has 346 valence electrons. The van der Waals surface area contributed by atoms with E-state index >= 15 is 0 Å². The van der Waals surface area contributed by atoms with Gasteiger partial charge in [0.25, 0.3) is 0 Å². The Bertz CT molecular complexity index is 4200. The zero-order valence-corrected chi connectivity index (χ0v) is 41.6. The molecule has 0 aliphatic heterocycles. The molecule has 14 rings (SSSR count). The molecule has 1 nitrogen and oxygen atoms in total. The summed E-state index contributed by atoms with van der Waals surface area (Å²) in [4.78, 5) is 2.33. The molecule has 12 aromatic carbocycles. The van der Waals surface area contributed by atoms with Crippen molar-refractivity contribution in [2.75, 3.05) is 4.90 Å². The topological polar surface area (TPSA) is 3.24 Å². The third-order valence-corrected chi connectivity index (χ3v) is 16.3. The number of anilines is 3. The van der Waals surface area contributed by atoms with Crippen molar-refractivity contribution in [2.45, 2.75) is 38.5 Å². The first-order valence-corrected chi connectivity index (χ1v) is 25.7. The van der Waals surface area contributed by atoms with Gasteiger partial charge in [-0.25, -0.2) is 0 Å². The molecule has 73 heavy (non-hydrogen) atoms. The van der Waals surface area contributed by atoms with Gasteiger partial charge in [-0.3, -0.25) is 0 Å². The number of para-hydroxylation sites is 2. The van der Waals surface area contributed by atoms with Crippen molar-refractivity contribution < 1.29 is 0 Å². The lowest BCUT2D eigenvalue weighted by Crippen LogP contribution is -2.19. The highest BCUT2D eigenvalue weighted by Crippen LogP contribution is 2.63. The average molecular weight is 932 g/mol. The van der Waals surface area contributed by atoms with Gasteiger partial charge >= 0.3 is 0 Å². The van der Waals surface area contributed by atoms with Gasteiger partial charge < -0.3 is 4.90 Å². The lowest BCUT2D eigenvalue weighted by atomic mass is 9.74. The van der Waals surface area contributed by atoms with Crippen LogP contribution in [-0.2, 0) is 10.8 Å². The van der Waals surface area contributed by atoms with E-state index in [-0.39, 0.29) is 10.8 Å². The molecule has 0 radical (unpaired) electrons. The number of benzene rings is 12. The molecule has 0 saturated carbocycles. The number of hydrogen-bond acceptors (Lipinski definition) is 1. The normalized spacial score (nSPS) is 14.4. The Morgan fingerprint density at radius 2 is 0.781 bits per heavy atom. The van der Waals surface area contributed by atoms with Crippen LogP contribution in [0.4, 0.5) is 17.1 Å². The molecule has 0 aromatic heterocycles. The molecular weight excluding hydrogens is 879 g/mol. The summed E-state index contributed by atoms with van der Waals surface area (Å²) in [6.45, 7) is 9.77. The zero-order valence-electron chi connectivity index (χ0n) is 41.6. The lowest BCUT2D eigenvalue weighted by Gasteiger charge is -2.29. The SMILES string of the molecule is CC1(C)C2=C(c3ccc(C=Cc4ccc5c(ccc6cc(N(c7ccccc7)c7ccccc7)ccc65)c4)cc31)C(C)(C)c1cc(-c3c4ccccc4c(-c4cccc5ccccc45)c4ccccc34)ccc12. The van der Waals surface area contributed by atoms with Gasteiger partial charge in [-0.1, -0.05) is 228 Å². The Labute approximate surface area is 427 Å². The number of allylic oxidation sites excluding steroid dienone is 2. The number of hydrogen-bond donors (Lipinski definition) is 0. The van der Waals surface area contributed by atoms with Crippen LogP contribution >= 0.6 is 0 Å². The monoisotopic (exact) mass is 931 g/mol. The first kappa shape index (κ1) is 43.0. The lowest BCUT2D eigenvalue weighted by molar-refractivity contribution is 0.694. The van der Waals surface area contributed by atoms with Gasteiger partial charge in [-0.15, -0.1) is 0 Å². The van der Waals surface area contributed by atoms with E-state index in [0.717, 1.165) is 17.1 Å². The van der Waals surface area contributed by atoms with Crippen LogP contribution in [0.15, 0.2) is 237 Å². The Kier molecular flexibility index (Phi) is 9.66. The Hall–Kier alpha value is -8.78. The van der Waals surface area contributed by atoms with Gasteiger partial charge in [0.1, 0.15) is 0 Å². The van der Waals surface area contributed by atoms with Crippen LogP contribution in [0.1, 0.15) is 61.1 Å². The summed E-state index contributed by atoms with van der Waals surface area (Å²) in [5, 5.41) is 12.7. The second-order valence-electron chi connectivity index (χ2n) is 21.2. The van der Waals surface area contributed by atoms with Gasteiger partial charge in [-0.05, 0) is 169 Å². The second-order valence-corrected chi connectivity index (χ2v) is 21.2. The maximum atomic E-state index is 2.53. The van der Waals surface area contributed by atoms with Crippen LogP contribution in [0.2, 0.25) is 0 Å². The zero-order chi connectivity index (χ0) is 49.0. The quantitative estimate of drug-likeness (QED) is 0.0874. The van der Waals surface area contributed by atoms with Crippen LogP contribution in [0.25, 0.3) is 99.4 Å². The molecule has 0 bridgehead atoms. The number of fused-ring (bicyclic) bond motifs is 10. The highest BCUT2D eigenvalue weighted by Gasteiger charge is 2.49. The summed E-state index contributed by atoms with van der Waals surface area (Å²) < 4.78 is 0. The molecule has 0 N–H and O–H groups in total. The Balaban J connectivity index is 0.782. The third-order valence-electron chi connectivity index (χ3n) is 16.3. The van der Waals surface area contributed by atoms with Crippen LogP contribution < -0.4 is 4.90 Å². The van der Waals surface area contributed by atoms with Crippen LogP contribution in [-0.4, -0.2) is 0 Å². The van der Waals surface area contributed by atoms with Gasteiger partial charge in [0.2, 0.25) is 0 Å². The van der Waals surface area contributed by atoms with Crippen molar-refractivity contribution in [3.8, 4) is 22.3 Å². The summed E-state index contributed by atoms with van der Waals surface area (Å²) in [6, 6.07) is 87.7. The summed E-state index contributed by atoms with van der Waals surface area (Å²) in [5.41, 5.74) is 19.2. The molecule has 2 aliphatic carbocycles. The van der Waals surface area contributed by atoms with Crippen molar-refractivity contribution in [1.82, 2.24) is 0 Å². The molecule has 0 atom stereocenters. The fourth-order valence-electron chi connectivity index (χ4n) is 13.0. The van der Waals surface area contributed by atoms with Crippen molar-refractivity contribution >= 4 is 94.2 Å². The molecule has 12 aromatic rings. The van der Waals surface area contributed by atoms with Crippen molar-refractivity contribution in [3.05, 3.63) is 270 Å². The minimum Gasteiger partial charge on any atom is -0.310 e. The summed E-state index contributed by atoms with van der Waals surface area (Å²) in [5.74, 6) is 0. The first-order valence-electron chi connectivity index (χ1n) is 25.7. The molecule has 0 fully saturated rings. The summed E-state index contributed by atoms with van der Waals surface area (Å²) in [6.07, 6.45) is 4.57. The van der Waals surface area contributed by atoms with E-state index in [1.807, 2.05) is 0 Å².